The van der Waals surface area contributed by atoms with Crippen molar-refractivity contribution in [3.63, 3.8) is 0 Å². The van der Waals surface area contributed by atoms with Crippen molar-refractivity contribution in [1.82, 2.24) is 19.9 Å². The second kappa shape index (κ2) is 5.92. The zero-order chi connectivity index (χ0) is 17.3. The van der Waals surface area contributed by atoms with E-state index in [1.165, 1.54) is 18.5 Å². The number of phenolic OH excluding ortho intramolecular Hbond substituents is 1. The highest BCUT2D eigenvalue weighted by atomic mass is 32.2. The molecular weight excluding hydrogens is 341 g/mol. The standard InChI is InChI=1S/C13H12FN5O4S/c1-24(21,22)23-13-18-11(10-12(19-13)17-6-16-10)15-5-7-2-8(14)4-9(20)3-7/h2-4,6,20H,5H2,1H3,(H2,15,16,17,18,19). The fourth-order valence-corrected chi connectivity index (χ4v) is 2.38. The molecule has 0 saturated heterocycles. The third-order valence-corrected chi connectivity index (χ3v) is 3.35. The Morgan fingerprint density at radius 3 is 2.83 bits per heavy atom. The fraction of sp³-hybridized carbons (Fsp3) is 0.154. The number of anilines is 1. The van der Waals surface area contributed by atoms with E-state index in [9.17, 15) is 17.9 Å². The minimum atomic E-state index is -3.80. The van der Waals surface area contributed by atoms with Gasteiger partial charge in [0.15, 0.2) is 11.5 Å². The molecule has 9 nitrogen and oxygen atoms in total. The molecule has 0 bridgehead atoms. The van der Waals surface area contributed by atoms with Crippen LogP contribution in [0.4, 0.5) is 10.2 Å². The number of halogens is 1. The molecule has 0 aliphatic heterocycles. The number of imidazole rings is 1. The third-order valence-electron chi connectivity index (χ3n) is 2.89. The van der Waals surface area contributed by atoms with Crippen molar-refractivity contribution in [2.45, 2.75) is 6.54 Å². The molecule has 0 saturated carbocycles. The van der Waals surface area contributed by atoms with E-state index in [4.69, 9.17) is 0 Å². The van der Waals surface area contributed by atoms with Crippen molar-refractivity contribution in [3.8, 4) is 11.8 Å². The van der Waals surface area contributed by atoms with Crippen LogP contribution in [0.15, 0.2) is 24.5 Å². The van der Waals surface area contributed by atoms with Crippen molar-refractivity contribution in [2.24, 2.45) is 0 Å². The van der Waals surface area contributed by atoms with Gasteiger partial charge in [0.2, 0.25) is 0 Å². The lowest BCUT2D eigenvalue weighted by atomic mass is 10.2. The van der Waals surface area contributed by atoms with Crippen molar-refractivity contribution in [1.29, 1.82) is 0 Å². The highest BCUT2D eigenvalue weighted by Gasteiger charge is 2.14. The summed E-state index contributed by atoms with van der Waals surface area (Å²) >= 11 is 0. The summed E-state index contributed by atoms with van der Waals surface area (Å²) in [5.41, 5.74) is 1.09. The highest BCUT2D eigenvalue weighted by Crippen LogP contribution is 2.22. The van der Waals surface area contributed by atoms with Crippen LogP contribution in [0.5, 0.6) is 11.8 Å². The molecule has 2 aromatic heterocycles. The normalized spacial score (nSPS) is 11.6. The first-order valence-electron chi connectivity index (χ1n) is 6.63. The molecule has 0 aliphatic carbocycles. The minimum absolute atomic E-state index is 0.120. The lowest BCUT2D eigenvalue weighted by molar-refractivity contribution is 0.467. The van der Waals surface area contributed by atoms with Crippen LogP contribution in [0, 0.1) is 5.82 Å². The first-order valence-corrected chi connectivity index (χ1v) is 8.45. The van der Waals surface area contributed by atoms with Crippen molar-refractivity contribution in [3.05, 3.63) is 35.9 Å². The minimum Gasteiger partial charge on any atom is -0.508 e. The number of nitrogens with zero attached hydrogens (tertiary/aromatic N) is 3. The number of aromatic amines is 1. The van der Waals surface area contributed by atoms with E-state index in [1.807, 2.05) is 0 Å². The van der Waals surface area contributed by atoms with Crippen molar-refractivity contribution in [2.75, 3.05) is 11.6 Å². The van der Waals surface area contributed by atoms with Crippen LogP contribution in [-0.4, -0.2) is 39.7 Å². The van der Waals surface area contributed by atoms with Gasteiger partial charge in [-0.2, -0.15) is 18.4 Å². The quantitative estimate of drug-likeness (QED) is 0.582. The Labute approximate surface area is 135 Å². The van der Waals surface area contributed by atoms with Crippen molar-refractivity contribution < 1.29 is 22.1 Å². The summed E-state index contributed by atoms with van der Waals surface area (Å²) in [5, 5.41) is 12.3. The van der Waals surface area contributed by atoms with E-state index < -0.39 is 15.9 Å². The molecule has 0 aliphatic rings. The Balaban J connectivity index is 1.91. The van der Waals surface area contributed by atoms with Crippen LogP contribution in [0.25, 0.3) is 11.2 Å². The van der Waals surface area contributed by atoms with Gasteiger partial charge < -0.3 is 19.6 Å². The second-order valence-electron chi connectivity index (χ2n) is 4.91. The zero-order valence-electron chi connectivity index (χ0n) is 12.3. The smallest absolute Gasteiger partial charge is 0.337 e. The summed E-state index contributed by atoms with van der Waals surface area (Å²) in [4.78, 5) is 14.6. The number of fused-ring (bicyclic) bond motifs is 1. The van der Waals surface area contributed by atoms with Crippen LogP contribution in [0.2, 0.25) is 0 Å². The Bertz CT molecular complexity index is 985. The summed E-state index contributed by atoms with van der Waals surface area (Å²) in [6, 6.07) is 3.22. The largest absolute Gasteiger partial charge is 0.508 e. The number of H-pyrrole nitrogens is 1. The van der Waals surface area contributed by atoms with Gasteiger partial charge in [0, 0.05) is 12.6 Å². The number of benzene rings is 1. The summed E-state index contributed by atoms with van der Waals surface area (Å²) in [6.07, 6.45) is 2.23. The molecule has 0 amide bonds. The topological polar surface area (TPSA) is 130 Å². The van der Waals surface area contributed by atoms with Gasteiger partial charge in [0.05, 0.1) is 12.6 Å². The number of aromatic hydroxyl groups is 1. The number of hydrogen-bond acceptors (Lipinski definition) is 8. The summed E-state index contributed by atoms with van der Waals surface area (Å²) in [6.45, 7) is 0.120. The van der Waals surface area contributed by atoms with Crippen LogP contribution < -0.4 is 9.50 Å². The van der Waals surface area contributed by atoms with Gasteiger partial charge in [-0.1, -0.05) is 0 Å². The molecule has 24 heavy (non-hydrogen) atoms. The number of aromatic nitrogens is 4. The fourth-order valence-electron chi connectivity index (χ4n) is 2.03. The molecule has 0 fully saturated rings. The molecule has 0 radical (unpaired) electrons. The van der Waals surface area contributed by atoms with E-state index in [2.05, 4.69) is 29.4 Å². The maximum Gasteiger partial charge on any atom is 0.337 e. The maximum absolute atomic E-state index is 13.3. The van der Waals surface area contributed by atoms with Gasteiger partial charge in [0.25, 0.3) is 0 Å². The molecular formula is C13H12FN5O4S. The Hall–Kier alpha value is -2.95. The lowest BCUT2D eigenvalue weighted by Gasteiger charge is -2.08. The average molecular weight is 353 g/mol. The Morgan fingerprint density at radius 2 is 2.12 bits per heavy atom. The molecule has 126 valence electrons. The van der Waals surface area contributed by atoms with Gasteiger partial charge in [-0.25, -0.2) is 9.37 Å². The summed E-state index contributed by atoms with van der Waals surface area (Å²) < 4.78 is 40.4. The van der Waals surface area contributed by atoms with Crippen LogP contribution >= 0.6 is 0 Å². The van der Waals surface area contributed by atoms with Gasteiger partial charge in [-0.15, -0.1) is 0 Å². The number of phenols is 1. The highest BCUT2D eigenvalue weighted by molar-refractivity contribution is 7.86. The Kier molecular flexibility index (Phi) is 3.93. The molecule has 11 heteroatoms. The number of rotatable bonds is 5. The molecule has 0 spiro atoms. The van der Waals surface area contributed by atoms with E-state index >= 15 is 0 Å². The molecule has 0 atom stereocenters. The summed E-state index contributed by atoms with van der Waals surface area (Å²) in [5.74, 6) is -0.565. The van der Waals surface area contributed by atoms with E-state index in [1.54, 1.807) is 0 Å². The summed E-state index contributed by atoms with van der Waals surface area (Å²) in [7, 11) is -3.80. The molecule has 3 aromatic rings. The number of nitrogens with one attached hydrogen (secondary N) is 2. The third kappa shape index (κ3) is 3.68. The van der Waals surface area contributed by atoms with Crippen LogP contribution in [0.3, 0.4) is 0 Å². The zero-order valence-corrected chi connectivity index (χ0v) is 13.1. The molecule has 0 unspecified atom stereocenters. The van der Waals surface area contributed by atoms with Crippen molar-refractivity contribution >= 4 is 27.1 Å². The predicted octanol–water partition coefficient (Wildman–Crippen LogP) is 1.15. The van der Waals surface area contributed by atoms with E-state index in [0.29, 0.717) is 11.1 Å². The molecule has 2 heterocycles. The molecule has 1 aromatic carbocycles. The van der Waals surface area contributed by atoms with Gasteiger partial charge in [-0.3, -0.25) is 0 Å². The average Bonchev–Trinajstić information content (AvgIpc) is 2.90. The number of hydrogen-bond donors (Lipinski definition) is 3. The van der Waals surface area contributed by atoms with E-state index in [0.717, 1.165) is 12.3 Å². The maximum atomic E-state index is 13.3. The predicted molar refractivity (Wildman–Crippen MR) is 82.5 cm³/mol. The van der Waals surface area contributed by atoms with Gasteiger partial charge in [0.1, 0.15) is 17.1 Å². The van der Waals surface area contributed by atoms with E-state index in [-0.39, 0.29) is 29.8 Å². The van der Waals surface area contributed by atoms with Gasteiger partial charge >= 0.3 is 16.1 Å². The molecule has 3 N–H and O–H groups in total. The molecule has 3 rings (SSSR count). The second-order valence-corrected chi connectivity index (χ2v) is 6.49. The monoisotopic (exact) mass is 353 g/mol. The Morgan fingerprint density at radius 1 is 1.33 bits per heavy atom. The first kappa shape index (κ1) is 15.9. The first-order chi connectivity index (χ1) is 11.3. The van der Waals surface area contributed by atoms with Crippen LogP contribution in [0.1, 0.15) is 5.56 Å². The van der Waals surface area contributed by atoms with Gasteiger partial charge in [-0.05, 0) is 17.7 Å². The van der Waals surface area contributed by atoms with Crippen LogP contribution in [-0.2, 0) is 16.7 Å². The SMILES string of the molecule is CS(=O)(=O)Oc1nc(NCc2cc(O)cc(F)c2)c2[nH]cnc2n1. The lowest BCUT2D eigenvalue weighted by Crippen LogP contribution is -2.10.